The van der Waals surface area contributed by atoms with Crippen molar-refractivity contribution in [2.45, 2.75) is 49.1 Å². The van der Waals surface area contributed by atoms with E-state index in [-0.39, 0.29) is 5.91 Å². The van der Waals surface area contributed by atoms with E-state index in [0.717, 1.165) is 49.6 Å². The van der Waals surface area contributed by atoms with Crippen LogP contribution in [0.4, 0.5) is 10.9 Å². The molecule has 0 saturated heterocycles. The first kappa shape index (κ1) is 22.4. The summed E-state index contributed by atoms with van der Waals surface area (Å²) in [4.78, 5) is 22.8. The number of anilines is 2. The molecule has 3 saturated carbocycles. The maximum absolute atomic E-state index is 13.1. The molecule has 2 bridgehead atoms. The number of aryl methyl sites for hydroxylation is 1. The Morgan fingerprint density at radius 3 is 2.85 bits per heavy atom. The van der Waals surface area contributed by atoms with Gasteiger partial charge in [0, 0.05) is 23.2 Å². The highest BCUT2D eigenvalue weighted by atomic mass is 32.2. The zero-order chi connectivity index (χ0) is 23.0. The molecule has 7 heteroatoms. The molecule has 0 aliphatic heterocycles. The molecule has 2 aromatic heterocycles. The van der Waals surface area contributed by atoms with E-state index in [1.165, 1.54) is 19.3 Å². The van der Waals surface area contributed by atoms with Crippen LogP contribution in [-0.2, 0) is 0 Å². The van der Waals surface area contributed by atoms with Crippen LogP contribution in [0.3, 0.4) is 0 Å². The van der Waals surface area contributed by atoms with Crippen molar-refractivity contribution in [3.05, 3.63) is 59.9 Å². The van der Waals surface area contributed by atoms with Gasteiger partial charge in [-0.2, -0.15) is 0 Å². The van der Waals surface area contributed by atoms with Gasteiger partial charge in [-0.05, 0) is 79.2 Å². The summed E-state index contributed by atoms with van der Waals surface area (Å²) < 4.78 is 1.06. The molecule has 2 heterocycles. The van der Waals surface area contributed by atoms with Gasteiger partial charge in [0.2, 0.25) is 0 Å². The molecule has 3 aliphatic rings. The summed E-state index contributed by atoms with van der Waals surface area (Å²) in [5, 5.41) is 7.28. The molecule has 3 unspecified atom stereocenters. The summed E-state index contributed by atoms with van der Waals surface area (Å²) in [6.45, 7) is 7.60. The Hall–Kier alpha value is -2.38. The molecule has 1 amide bonds. The number of fused-ring (bicyclic) bond motifs is 2. The van der Waals surface area contributed by atoms with Gasteiger partial charge in [-0.25, -0.2) is 9.97 Å². The number of nitrogens with one attached hydrogen (secondary N) is 2. The highest BCUT2D eigenvalue weighted by Crippen LogP contribution is 2.61. The van der Waals surface area contributed by atoms with Gasteiger partial charge < -0.3 is 10.6 Å². The monoisotopic (exact) mass is 478 g/mol. The minimum Gasteiger partial charge on any atom is -0.352 e. The standard InChI is InChI=1S/C26H30N4OS2/c1-16-7-10-19(32-23-15-29-25(33-23)30-22-6-4-5-11-27-22)13-20(16)24(31)28-14-17-8-9-18-12-21(17)26(18,2)3/h4-7,10-11,13,15,17-18,21H,8-9,12,14H2,1-3H3,(H,28,31)(H,27,29,30). The molecular formula is C26H30N4OS2. The Bertz CT molecular complexity index is 1140. The number of pyridine rings is 1. The van der Waals surface area contributed by atoms with E-state index < -0.39 is 0 Å². The number of thiazole rings is 1. The van der Waals surface area contributed by atoms with E-state index in [1.54, 1.807) is 29.3 Å². The van der Waals surface area contributed by atoms with Crippen LogP contribution in [-0.4, -0.2) is 22.4 Å². The van der Waals surface area contributed by atoms with Gasteiger partial charge in [0.25, 0.3) is 5.91 Å². The third-order valence-electron chi connectivity index (χ3n) is 7.58. The van der Waals surface area contributed by atoms with Crippen molar-refractivity contribution >= 4 is 40.0 Å². The largest absolute Gasteiger partial charge is 0.352 e. The van der Waals surface area contributed by atoms with Crippen LogP contribution < -0.4 is 10.6 Å². The lowest BCUT2D eigenvalue weighted by molar-refractivity contribution is -0.103. The molecule has 33 heavy (non-hydrogen) atoms. The first-order valence-corrected chi connectivity index (χ1v) is 13.2. The van der Waals surface area contributed by atoms with E-state index in [2.05, 4.69) is 40.5 Å². The fourth-order valence-corrected chi connectivity index (χ4v) is 7.36. The van der Waals surface area contributed by atoms with Crippen LogP contribution in [0.25, 0.3) is 0 Å². The van der Waals surface area contributed by atoms with Gasteiger partial charge in [0.05, 0.1) is 10.4 Å². The number of amides is 1. The predicted molar refractivity (Wildman–Crippen MR) is 135 cm³/mol. The van der Waals surface area contributed by atoms with Gasteiger partial charge in [-0.3, -0.25) is 4.79 Å². The minimum atomic E-state index is 0.0380. The summed E-state index contributed by atoms with van der Waals surface area (Å²) in [7, 11) is 0. The van der Waals surface area contributed by atoms with Crippen LogP contribution in [0.2, 0.25) is 0 Å². The topological polar surface area (TPSA) is 66.9 Å². The molecule has 6 rings (SSSR count). The van der Waals surface area contributed by atoms with Crippen molar-refractivity contribution in [2.75, 3.05) is 11.9 Å². The van der Waals surface area contributed by atoms with Crippen LogP contribution in [0, 0.1) is 30.1 Å². The van der Waals surface area contributed by atoms with Gasteiger partial charge in [0.15, 0.2) is 5.13 Å². The lowest BCUT2D eigenvalue weighted by Gasteiger charge is -2.60. The number of carbonyl (C=O) groups excluding carboxylic acids is 1. The lowest BCUT2D eigenvalue weighted by Crippen LogP contribution is -2.54. The molecule has 2 N–H and O–H groups in total. The van der Waals surface area contributed by atoms with Crippen molar-refractivity contribution in [1.29, 1.82) is 0 Å². The van der Waals surface area contributed by atoms with Gasteiger partial charge in [0.1, 0.15) is 5.82 Å². The maximum Gasteiger partial charge on any atom is 0.251 e. The molecular weight excluding hydrogens is 448 g/mol. The molecule has 5 nitrogen and oxygen atoms in total. The van der Waals surface area contributed by atoms with Gasteiger partial charge in [-0.1, -0.05) is 49.1 Å². The summed E-state index contributed by atoms with van der Waals surface area (Å²) in [5.41, 5.74) is 2.21. The number of hydrogen-bond donors (Lipinski definition) is 2. The molecule has 3 atom stereocenters. The molecule has 3 aliphatic carbocycles. The number of rotatable bonds is 7. The van der Waals surface area contributed by atoms with Crippen molar-refractivity contribution in [2.24, 2.45) is 23.2 Å². The van der Waals surface area contributed by atoms with Crippen molar-refractivity contribution < 1.29 is 4.79 Å². The molecule has 3 aromatic rings. The first-order valence-electron chi connectivity index (χ1n) is 11.6. The summed E-state index contributed by atoms with van der Waals surface area (Å²) in [6, 6.07) is 11.8. The minimum absolute atomic E-state index is 0.0380. The zero-order valence-electron chi connectivity index (χ0n) is 19.3. The van der Waals surface area contributed by atoms with Crippen LogP contribution in [0.5, 0.6) is 0 Å². The maximum atomic E-state index is 13.1. The fraction of sp³-hybridized carbons (Fsp3) is 0.423. The summed E-state index contributed by atoms with van der Waals surface area (Å²) in [6.07, 6.45) is 7.50. The molecule has 1 aromatic carbocycles. The summed E-state index contributed by atoms with van der Waals surface area (Å²) in [5.74, 6) is 3.05. The Labute approximate surface area is 203 Å². The number of aromatic nitrogens is 2. The van der Waals surface area contributed by atoms with Crippen LogP contribution in [0.1, 0.15) is 49.0 Å². The Balaban J connectivity index is 1.21. The highest BCUT2D eigenvalue weighted by molar-refractivity contribution is 8.01. The van der Waals surface area contributed by atoms with Gasteiger partial charge in [-0.15, -0.1) is 0 Å². The van der Waals surface area contributed by atoms with Crippen LogP contribution >= 0.6 is 23.1 Å². The van der Waals surface area contributed by atoms with Crippen LogP contribution in [0.15, 0.2) is 57.9 Å². The van der Waals surface area contributed by atoms with E-state index in [9.17, 15) is 4.79 Å². The average molecular weight is 479 g/mol. The quantitative estimate of drug-likeness (QED) is 0.403. The number of benzene rings is 1. The first-order chi connectivity index (χ1) is 15.9. The van der Waals surface area contributed by atoms with Gasteiger partial charge >= 0.3 is 0 Å². The predicted octanol–water partition coefficient (Wildman–Crippen LogP) is 6.54. The fourth-order valence-electron chi connectivity index (χ4n) is 5.46. The molecule has 172 valence electrons. The van der Waals surface area contributed by atoms with E-state index in [1.807, 2.05) is 43.5 Å². The third-order valence-corrected chi connectivity index (χ3v) is 9.59. The average Bonchev–Trinajstić information content (AvgIpc) is 3.26. The third kappa shape index (κ3) is 4.66. The van der Waals surface area contributed by atoms with Crippen molar-refractivity contribution in [3.8, 4) is 0 Å². The van der Waals surface area contributed by atoms with Crippen molar-refractivity contribution in [3.63, 3.8) is 0 Å². The molecule has 0 radical (unpaired) electrons. The van der Waals surface area contributed by atoms with E-state index >= 15 is 0 Å². The summed E-state index contributed by atoms with van der Waals surface area (Å²) >= 11 is 3.20. The van der Waals surface area contributed by atoms with E-state index in [4.69, 9.17) is 0 Å². The number of hydrogen-bond acceptors (Lipinski definition) is 6. The Morgan fingerprint density at radius 2 is 2.09 bits per heavy atom. The second-order valence-corrected chi connectivity index (χ2v) is 12.2. The number of carbonyl (C=O) groups is 1. The number of nitrogens with zero attached hydrogens (tertiary/aromatic N) is 2. The second-order valence-electron chi connectivity index (χ2n) is 9.81. The SMILES string of the molecule is Cc1ccc(Sc2cnc(Nc3ccccn3)s2)cc1C(=O)NCC1CCC2CC1C2(C)C. The Morgan fingerprint density at radius 1 is 1.21 bits per heavy atom. The lowest BCUT2D eigenvalue weighted by atomic mass is 9.45. The van der Waals surface area contributed by atoms with E-state index in [0.29, 0.717) is 11.3 Å². The smallest absolute Gasteiger partial charge is 0.251 e. The highest BCUT2D eigenvalue weighted by Gasteiger charge is 2.53. The zero-order valence-corrected chi connectivity index (χ0v) is 20.9. The normalized spacial score (nSPS) is 22.9. The molecule has 0 spiro atoms. The molecule has 3 fully saturated rings. The Kier molecular flexibility index (Phi) is 6.18. The second kappa shape index (κ2) is 9.11. The van der Waals surface area contributed by atoms with Crippen molar-refractivity contribution in [1.82, 2.24) is 15.3 Å².